The molecule has 5 nitrogen and oxygen atoms in total. The number of rotatable bonds is 7. The predicted octanol–water partition coefficient (Wildman–Crippen LogP) is 3.98. The number of halogens is 1. The lowest BCUT2D eigenvalue weighted by atomic mass is 9.77. The number of hydrogen-bond donors (Lipinski definition) is 2. The van der Waals surface area contributed by atoms with Crippen molar-refractivity contribution >= 4 is 11.9 Å². The van der Waals surface area contributed by atoms with Crippen molar-refractivity contribution in [2.75, 3.05) is 6.61 Å². The van der Waals surface area contributed by atoms with Crippen LogP contribution in [0, 0.1) is 5.82 Å². The van der Waals surface area contributed by atoms with Gasteiger partial charge in [-0.1, -0.05) is 37.1 Å². The van der Waals surface area contributed by atoms with Crippen LogP contribution < -0.4 is 10.1 Å². The smallest absolute Gasteiger partial charge is 0.341 e. The predicted molar refractivity (Wildman–Crippen MR) is 103 cm³/mol. The fourth-order valence-electron chi connectivity index (χ4n) is 3.81. The van der Waals surface area contributed by atoms with Gasteiger partial charge in [-0.15, -0.1) is 0 Å². The summed E-state index contributed by atoms with van der Waals surface area (Å²) in [6.07, 6.45) is 3.43. The van der Waals surface area contributed by atoms with E-state index in [1.807, 2.05) is 6.92 Å². The zero-order chi connectivity index (χ0) is 20.1. The minimum absolute atomic E-state index is 0.0460. The summed E-state index contributed by atoms with van der Waals surface area (Å²) in [5, 5.41) is 11.8. The zero-order valence-electron chi connectivity index (χ0n) is 15.8. The highest BCUT2D eigenvalue weighted by atomic mass is 19.1. The molecule has 1 unspecified atom stereocenters. The van der Waals surface area contributed by atoms with E-state index in [0.717, 1.165) is 36.8 Å². The molecule has 6 heteroatoms. The third-order valence-electron chi connectivity index (χ3n) is 5.38. The molecule has 148 valence electrons. The first kappa shape index (κ1) is 19.9. The zero-order valence-corrected chi connectivity index (χ0v) is 15.8. The van der Waals surface area contributed by atoms with Crippen LogP contribution in [0.4, 0.5) is 4.39 Å². The lowest BCUT2D eigenvalue weighted by Crippen LogP contribution is -2.43. The number of nitrogens with one attached hydrogen (secondary N) is 1. The van der Waals surface area contributed by atoms with Gasteiger partial charge in [0.1, 0.15) is 11.6 Å². The largest absolute Gasteiger partial charge is 0.482 e. The number of benzene rings is 2. The Kier molecular flexibility index (Phi) is 5.97. The molecule has 2 N–H and O–H groups in total. The Morgan fingerprint density at radius 2 is 1.71 bits per heavy atom. The molecule has 0 heterocycles. The molecule has 0 saturated heterocycles. The fraction of sp³-hybridized carbons (Fsp3) is 0.364. The Hall–Kier alpha value is -2.89. The average Bonchev–Trinajstić information content (AvgIpc) is 3.18. The van der Waals surface area contributed by atoms with E-state index in [1.165, 1.54) is 12.1 Å². The first-order valence-corrected chi connectivity index (χ1v) is 9.42. The standard InChI is InChI=1S/C22H24FNO4/c1-15(16-4-10-19(11-5-16)28-14-20(25)26)24-21(27)22(12-2-3-13-22)17-6-8-18(23)9-7-17/h4-11,15H,2-3,12-14H2,1H3,(H,24,27)(H,25,26). The van der Waals surface area contributed by atoms with Gasteiger partial charge in [-0.2, -0.15) is 0 Å². The van der Waals surface area contributed by atoms with Crippen molar-refractivity contribution in [3.05, 3.63) is 65.5 Å². The second kappa shape index (κ2) is 8.42. The van der Waals surface area contributed by atoms with Gasteiger partial charge in [0.05, 0.1) is 11.5 Å². The van der Waals surface area contributed by atoms with Gasteiger partial charge in [0.25, 0.3) is 0 Å². The van der Waals surface area contributed by atoms with Crippen molar-refractivity contribution in [2.45, 2.75) is 44.1 Å². The van der Waals surface area contributed by atoms with Crippen molar-refractivity contribution in [1.82, 2.24) is 5.32 Å². The number of carbonyl (C=O) groups excluding carboxylic acids is 1. The summed E-state index contributed by atoms with van der Waals surface area (Å²) in [5.41, 5.74) is 1.13. The van der Waals surface area contributed by atoms with E-state index in [2.05, 4.69) is 5.32 Å². The second-order valence-electron chi connectivity index (χ2n) is 7.24. The minimum atomic E-state index is -1.03. The van der Waals surface area contributed by atoms with Crippen molar-refractivity contribution in [1.29, 1.82) is 0 Å². The van der Waals surface area contributed by atoms with Gasteiger partial charge in [0, 0.05) is 0 Å². The summed E-state index contributed by atoms with van der Waals surface area (Å²) < 4.78 is 18.4. The molecule has 0 aromatic heterocycles. The second-order valence-corrected chi connectivity index (χ2v) is 7.24. The van der Waals surface area contributed by atoms with Crippen molar-refractivity contribution in [3.63, 3.8) is 0 Å². The van der Waals surface area contributed by atoms with E-state index in [-0.39, 0.29) is 17.8 Å². The lowest BCUT2D eigenvalue weighted by Gasteiger charge is -2.30. The van der Waals surface area contributed by atoms with Crippen LogP contribution in [-0.2, 0) is 15.0 Å². The van der Waals surface area contributed by atoms with Crippen LogP contribution >= 0.6 is 0 Å². The molecule has 28 heavy (non-hydrogen) atoms. The summed E-state index contributed by atoms with van der Waals surface area (Å²) in [7, 11) is 0. The number of carboxylic acid groups (broad SMARTS) is 1. The molecule has 2 aromatic rings. The van der Waals surface area contributed by atoms with Crippen molar-refractivity contribution in [3.8, 4) is 5.75 Å². The Morgan fingerprint density at radius 1 is 1.11 bits per heavy atom. The van der Waals surface area contributed by atoms with Gasteiger partial charge in [-0.3, -0.25) is 4.79 Å². The van der Waals surface area contributed by atoms with Crippen molar-refractivity contribution in [2.24, 2.45) is 0 Å². The Labute approximate surface area is 163 Å². The van der Waals surface area contributed by atoms with Crippen LogP contribution in [0.2, 0.25) is 0 Å². The molecule has 1 fully saturated rings. The quantitative estimate of drug-likeness (QED) is 0.756. The number of carboxylic acids is 1. The summed E-state index contributed by atoms with van der Waals surface area (Å²) in [5.74, 6) is -0.929. The van der Waals surface area contributed by atoms with Gasteiger partial charge in [0.2, 0.25) is 5.91 Å². The number of hydrogen-bond acceptors (Lipinski definition) is 3. The van der Waals surface area contributed by atoms with Gasteiger partial charge in [0.15, 0.2) is 6.61 Å². The molecule has 1 aliphatic rings. The molecule has 0 spiro atoms. The number of aliphatic carboxylic acids is 1. The first-order chi connectivity index (χ1) is 13.4. The Bertz CT molecular complexity index is 827. The van der Waals surface area contributed by atoms with Gasteiger partial charge >= 0.3 is 5.97 Å². The number of amides is 1. The van der Waals surface area contributed by atoms with Crippen LogP contribution in [0.3, 0.4) is 0 Å². The van der Waals surface area contributed by atoms with Crippen LogP contribution in [0.5, 0.6) is 5.75 Å². The normalized spacial score (nSPS) is 16.4. The number of carbonyl (C=O) groups is 2. The molecule has 1 atom stereocenters. The monoisotopic (exact) mass is 385 g/mol. The molecule has 1 amide bonds. The fourth-order valence-corrected chi connectivity index (χ4v) is 3.81. The van der Waals surface area contributed by atoms with E-state index in [4.69, 9.17) is 9.84 Å². The third kappa shape index (κ3) is 4.32. The minimum Gasteiger partial charge on any atom is -0.482 e. The first-order valence-electron chi connectivity index (χ1n) is 9.42. The van der Waals surface area contributed by atoms with Crippen LogP contribution in [0.1, 0.15) is 49.8 Å². The molecule has 0 bridgehead atoms. The van der Waals surface area contributed by atoms with E-state index in [0.29, 0.717) is 5.75 Å². The SMILES string of the molecule is CC(NC(=O)C1(c2ccc(F)cc2)CCCC1)c1ccc(OCC(=O)O)cc1. The van der Waals surface area contributed by atoms with E-state index < -0.39 is 18.0 Å². The summed E-state index contributed by atoms with van der Waals surface area (Å²) in [6, 6.07) is 13.0. The maximum atomic E-state index is 13.3. The van der Waals surface area contributed by atoms with Crippen LogP contribution in [0.25, 0.3) is 0 Å². The molecule has 3 rings (SSSR count). The molecule has 1 aliphatic carbocycles. The highest BCUT2D eigenvalue weighted by Crippen LogP contribution is 2.41. The maximum Gasteiger partial charge on any atom is 0.341 e. The maximum absolute atomic E-state index is 13.3. The molecule has 2 aromatic carbocycles. The highest BCUT2D eigenvalue weighted by molar-refractivity contribution is 5.89. The summed E-state index contributed by atoms with van der Waals surface area (Å²) in [6.45, 7) is 1.50. The van der Waals surface area contributed by atoms with Crippen molar-refractivity contribution < 1.29 is 23.8 Å². The highest BCUT2D eigenvalue weighted by Gasteiger charge is 2.43. The van der Waals surface area contributed by atoms with Crippen LogP contribution in [-0.4, -0.2) is 23.6 Å². The van der Waals surface area contributed by atoms with E-state index in [1.54, 1.807) is 36.4 Å². The van der Waals surface area contributed by atoms with E-state index in [9.17, 15) is 14.0 Å². The Morgan fingerprint density at radius 3 is 2.29 bits per heavy atom. The van der Waals surface area contributed by atoms with E-state index >= 15 is 0 Å². The Balaban J connectivity index is 1.71. The summed E-state index contributed by atoms with van der Waals surface area (Å²) >= 11 is 0. The number of ether oxygens (including phenoxy) is 1. The third-order valence-corrected chi connectivity index (χ3v) is 5.38. The molecular formula is C22H24FNO4. The molecule has 1 saturated carbocycles. The topological polar surface area (TPSA) is 75.6 Å². The average molecular weight is 385 g/mol. The molecule has 0 radical (unpaired) electrons. The summed E-state index contributed by atoms with van der Waals surface area (Å²) in [4.78, 5) is 23.8. The molecule has 0 aliphatic heterocycles. The van der Waals surface area contributed by atoms with Gasteiger partial charge in [-0.05, 0) is 55.2 Å². The lowest BCUT2D eigenvalue weighted by molar-refractivity contribution is -0.139. The van der Waals surface area contributed by atoms with Gasteiger partial charge in [-0.25, -0.2) is 9.18 Å². The molecular weight excluding hydrogens is 361 g/mol. The van der Waals surface area contributed by atoms with Crippen LogP contribution in [0.15, 0.2) is 48.5 Å². The van der Waals surface area contributed by atoms with Gasteiger partial charge < -0.3 is 15.2 Å².